The average Bonchev–Trinajstić information content (AvgIpc) is 3.05. The van der Waals surface area contributed by atoms with E-state index in [-0.39, 0.29) is 5.56 Å². The number of rotatable bonds is 2. The highest BCUT2D eigenvalue weighted by Crippen LogP contribution is 2.26. The van der Waals surface area contributed by atoms with Crippen LogP contribution in [0.25, 0.3) is 33.1 Å². The normalized spacial score (nSPS) is 11.2. The number of fused-ring (bicyclic) bond motifs is 3. The van der Waals surface area contributed by atoms with Gasteiger partial charge in [0.25, 0.3) is 5.56 Å². The monoisotopic (exact) mass is 305 g/mol. The first-order chi connectivity index (χ1) is 11.1. The summed E-state index contributed by atoms with van der Waals surface area (Å²) in [7, 11) is 3.82. The Hall–Kier alpha value is -3.15. The summed E-state index contributed by atoms with van der Waals surface area (Å²) in [4.78, 5) is 28.6. The van der Waals surface area contributed by atoms with E-state index >= 15 is 0 Å². The summed E-state index contributed by atoms with van der Waals surface area (Å²) < 4.78 is 0. The number of nitrogens with zero attached hydrogens (tertiary/aromatic N) is 3. The molecule has 2 N–H and O–H groups in total. The van der Waals surface area contributed by atoms with Gasteiger partial charge in [0.1, 0.15) is 5.52 Å². The van der Waals surface area contributed by atoms with Gasteiger partial charge >= 0.3 is 0 Å². The molecule has 6 nitrogen and oxygen atoms in total. The fourth-order valence-electron chi connectivity index (χ4n) is 2.73. The summed E-state index contributed by atoms with van der Waals surface area (Å²) in [5.41, 5.74) is 3.12. The van der Waals surface area contributed by atoms with Gasteiger partial charge in [-0.05, 0) is 24.3 Å². The fraction of sp³-hybridized carbons (Fsp3) is 0.118. The molecular formula is C17H15N5O. The zero-order valence-electron chi connectivity index (χ0n) is 12.8. The Morgan fingerprint density at radius 1 is 1.09 bits per heavy atom. The lowest BCUT2D eigenvalue weighted by Gasteiger charge is -2.11. The molecule has 3 heterocycles. The third-order valence-electron chi connectivity index (χ3n) is 3.87. The number of aromatic amines is 2. The highest BCUT2D eigenvalue weighted by atomic mass is 16.1. The van der Waals surface area contributed by atoms with Gasteiger partial charge in [-0.3, -0.25) is 4.79 Å². The lowest BCUT2D eigenvalue weighted by Crippen LogP contribution is -2.12. The minimum Gasteiger partial charge on any atom is -0.357 e. The fourth-order valence-corrected chi connectivity index (χ4v) is 2.73. The second-order valence-corrected chi connectivity index (χ2v) is 5.62. The van der Waals surface area contributed by atoms with Crippen LogP contribution < -0.4 is 10.5 Å². The van der Waals surface area contributed by atoms with E-state index in [0.29, 0.717) is 11.5 Å². The molecule has 6 heteroatoms. The summed E-state index contributed by atoms with van der Waals surface area (Å²) in [6.07, 6.45) is 3.53. The van der Waals surface area contributed by atoms with Gasteiger partial charge in [0.2, 0.25) is 5.95 Å². The second-order valence-electron chi connectivity index (χ2n) is 5.62. The molecule has 0 unspecified atom stereocenters. The predicted octanol–water partition coefficient (Wildman–Crippen LogP) is 2.53. The molecule has 23 heavy (non-hydrogen) atoms. The number of hydrogen-bond acceptors (Lipinski definition) is 4. The smallest absolute Gasteiger partial charge is 0.272 e. The first-order valence-electron chi connectivity index (χ1n) is 7.27. The number of hydrogen-bond donors (Lipinski definition) is 2. The Balaban J connectivity index is 1.97. The predicted molar refractivity (Wildman–Crippen MR) is 91.8 cm³/mol. The SMILES string of the molecule is CN(C)c1nccc(-c2ccc3[nH]c(=O)c4[nH]ccc4c3c2)n1. The molecule has 0 fully saturated rings. The Morgan fingerprint density at radius 2 is 1.96 bits per heavy atom. The molecule has 1 aromatic carbocycles. The van der Waals surface area contributed by atoms with Crippen molar-refractivity contribution in [2.75, 3.05) is 19.0 Å². The molecule has 0 aliphatic rings. The first-order valence-corrected chi connectivity index (χ1v) is 7.27. The molecule has 0 radical (unpaired) electrons. The van der Waals surface area contributed by atoms with E-state index in [1.807, 2.05) is 49.3 Å². The van der Waals surface area contributed by atoms with E-state index in [0.717, 1.165) is 27.5 Å². The minimum absolute atomic E-state index is 0.109. The highest BCUT2D eigenvalue weighted by molar-refractivity contribution is 6.05. The van der Waals surface area contributed by atoms with Crippen molar-refractivity contribution in [2.45, 2.75) is 0 Å². The molecule has 0 aliphatic carbocycles. The number of nitrogens with one attached hydrogen (secondary N) is 2. The van der Waals surface area contributed by atoms with E-state index in [9.17, 15) is 4.79 Å². The van der Waals surface area contributed by atoms with Gasteiger partial charge in [-0.1, -0.05) is 6.07 Å². The van der Waals surface area contributed by atoms with Crippen LogP contribution in [-0.2, 0) is 0 Å². The van der Waals surface area contributed by atoms with Gasteiger partial charge in [-0.2, -0.15) is 0 Å². The van der Waals surface area contributed by atoms with Crippen molar-refractivity contribution in [1.29, 1.82) is 0 Å². The quantitative estimate of drug-likeness (QED) is 0.596. The van der Waals surface area contributed by atoms with Crippen LogP contribution in [0.2, 0.25) is 0 Å². The minimum atomic E-state index is -0.109. The van der Waals surface area contributed by atoms with Crippen LogP contribution in [0.3, 0.4) is 0 Å². The van der Waals surface area contributed by atoms with Crippen molar-refractivity contribution >= 4 is 27.8 Å². The highest BCUT2D eigenvalue weighted by Gasteiger charge is 2.09. The van der Waals surface area contributed by atoms with Crippen LogP contribution in [0.1, 0.15) is 0 Å². The van der Waals surface area contributed by atoms with Gasteiger partial charge in [0.05, 0.1) is 5.69 Å². The Kier molecular flexibility index (Phi) is 2.90. The zero-order valence-corrected chi connectivity index (χ0v) is 12.8. The average molecular weight is 305 g/mol. The van der Waals surface area contributed by atoms with E-state index in [2.05, 4.69) is 19.9 Å². The largest absolute Gasteiger partial charge is 0.357 e. The van der Waals surface area contributed by atoms with Crippen LogP contribution in [0, 0.1) is 0 Å². The first kappa shape index (κ1) is 13.5. The molecule has 4 aromatic rings. The molecule has 0 bridgehead atoms. The summed E-state index contributed by atoms with van der Waals surface area (Å²) in [5.74, 6) is 0.663. The third-order valence-corrected chi connectivity index (χ3v) is 3.87. The lowest BCUT2D eigenvalue weighted by atomic mass is 10.1. The summed E-state index contributed by atoms with van der Waals surface area (Å²) in [6, 6.07) is 9.72. The topological polar surface area (TPSA) is 77.7 Å². The van der Waals surface area contributed by atoms with Gasteiger partial charge in [-0.15, -0.1) is 0 Å². The van der Waals surface area contributed by atoms with Crippen molar-refractivity contribution in [3.05, 3.63) is 53.1 Å². The molecule has 0 saturated heterocycles. The third kappa shape index (κ3) is 2.15. The van der Waals surface area contributed by atoms with Crippen molar-refractivity contribution in [3.8, 4) is 11.3 Å². The summed E-state index contributed by atoms with van der Waals surface area (Å²) in [6.45, 7) is 0. The van der Waals surface area contributed by atoms with Crippen LogP contribution in [0.5, 0.6) is 0 Å². The summed E-state index contributed by atoms with van der Waals surface area (Å²) in [5, 5.41) is 1.90. The van der Waals surface area contributed by atoms with Gasteiger partial charge in [-0.25, -0.2) is 9.97 Å². The molecule has 3 aromatic heterocycles. The van der Waals surface area contributed by atoms with Crippen LogP contribution in [-0.4, -0.2) is 34.0 Å². The zero-order chi connectivity index (χ0) is 16.0. The molecule has 0 aliphatic heterocycles. The van der Waals surface area contributed by atoms with E-state index in [1.165, 1.54) is 0 Å². The molecule has 114 valence electrons. The maximum atomic E-state index is 12.0. The van der Waals surface area contributed by atoms with Gasteiger partial charge < -0.3 is 14.9 Å². The number of H-pyrrole nitrogens is 2. The molecular weight excluding hydrogens is 290 g/mol. The van der Waals surface area contributed by atoms with E-state index < -0.39 is 0 Å². The molecule has 0 atom stereocenters. The lowest BCUT2D eigenvalue weighted by molar-refractivity contribution is 1.00. The Morgan fingerprint density at radius 3 is 2.78 bits per heavy atom. The Bertz CT molecular complexity index is 1080. The number of aromatic nitrogens is 4. The van der Waals surface area contributed by atoms with Crippen molar-refractivity contribution in [3.63, 3.8) is 0 Å². The van der Waals surface area contributed by atoms with Crippen molar-refractivity contribution < 1.29 is 0 Å². The van der Waals surface area contributed by atoms with Crippen molar-refractivity contribution in [2.24, 2.45) is 0 Å². The maximum absolute atomic E-state index is 12.0. The molecule has 4 rings (SSSR count). The van der Waals surface area contributed by atoms with Gasteiger partial charge in [0.15, 0.2) is 0 Å². The maximum Gasteiger partial charge on any atom is 0.272 e. The summed E-state index contributed by atoms with van der Waals surface area (Å²) >= 11 is 0. The van der Waals surface area contributed by atoms with E-state index in [1.54, 1.807) is 12.4 Å². The molecule has 0 spiro atoms. The van der Waals surface area contributed by atoms with Crippen LogP contribution >= 0.6 is 0 Å². The Labute approximate surface area is 131 Å². The standard InChI is InChI=1S/C17H15N5O/c1-22(2)17-19-8-6-13(21-17)10-3-4-14-12(9-10)11-5-7-18-15(11)16(23)20-14/h3-9,18H,1-2H3,(H,20,23). The van der Waals surface area contributed by atoms with Gasteiger partial charge in [0, 0.05) is 48.3 Å². The van der Waals surface area contributed by atoms with Crippen LogP contribution in [0.4, 0.5) is 5.95 Å². The van der Waals surface area contributed by atoms with E-state index in [4.69, 9.17) is 0 Å². The number of pyridine rings is 1. The second kappa shape index (κ2) is 4.95. The van der Waals surface area contributed by atoms with Crippen molar-refractivity contribution in [1.82, 2.24) is 19.9 Å². The molecule has 0 amide bonds. The molecule has 0 saturated carbocycles. The van der Waals surface area contributed by atoms with Crippen LogP contribution in [0.15, 0.2) is 47.5 Å². The number of anilines is 1. The number of benzene rings is 1.